The molecule has 3 aromatic rings. The highest BCUT2D eigenvalue weighted by molar-refractivity contribution is 6.35. The van der Waals surface area contributed by atoms with E-state index < -0.39 is 0 Å². The Morgan fingerprint density at radius 1 is 1.09 bits per heavy atom. The molecule has 0 saturated carbocycles. The molecular formula is C27H30Cl2N4O2. The number of benzene rings is 3. The molecule has 1 fully saturated rings. The molecule has 4 N–H and O–H groups in total. The molecule has 0 radical (unpaired) electrons. The third-order valence-electron chi connectivity index (χ3n) is 6.39. The zero-order valence-corrected chi connectivity index (χ0v) is 21.0. The highest BCUT2D eigenvalue weighted by atomic mass is 35.5. The van der Waals surface area contributed by atoms with E-state index in [-0.39, 0.29) is 23.9 Å². The predicted molar refractivity (Wildman–Crippen MR) is 142 cm³/mol. The number of carbonyl (C=O) groups excluding carboxylic acids is 2. The number of rotatable bonds is 8. The molecule has 0 unspecified atom stereocenters. The summed E-state index contributed by atoms with van der Waals surface area (Å²) < 4.78 is 0. The van der Waals surface area contributed by atoms with Crippen LogP contribution in [0.15, 0.2) is 60.7 Å². The molecule has 0 aliphatic carbocycles. The Morgan fingerprint density at radius 3 is 2.66 bits per heavy atom. The summed E-state index contributed by atoms with van der Waals surface area (Å²) in [5.74, 6) is -0.107. The van der Waals surface area contributed by atoms with Crippen molar-refractivity contribution in [2.24, 2.45) is 5.73 Å². The molecule has 1 saturated heterocycles. The van der Waals surface area contributed by atoms with Crippen LogP contribution in [0.2, 0.25) is 10.0 Å². The number of nitrogens with two attached hydrogens (primary N) is 1. The predicted octanol–water partition coefficient (Wildman–Crippen LogP) is 4.37. The van der Waals surface area contributed by atoms with Gasteiger partial charge in [0.05, 0.1) is 6.04 Å². The van der Waals surface area contributed by atoms with Gasteiger partial charge in [-0.25, -0.2) is 0 Å². The summed E-state index contributed by atoms with van der Waals surface area (Å²) in [6, 6.07) is 18.6. The number of hydrogen-bond acceptors (Lipinski definition) is 4. The fourth-order valence-corrected chi connectivity index (χ4v) is 4.90. The SMILES string of the molecule is NCCC[C@@H]1N[C@H](CNC(=O)c2ccc3ccccc3c2)CCN(Cc2ccc(Cl)cc2Cl)C1=O. The Kier molecular flexibility index (Phi) is 8.63. The lowest BCUT2D eigenvalue weighted by Crippen LogP contribution is -2.48. The minimum Gasteiger partial charge on any atom is -0.350 e. The van der Waals surface area contributed by atoms with Gasteiger partial charge < -0.3 is 21.3 Å². The lowest BCUT2D eigenvalue weighted by molar-refractivity contribution is -0.133. The van der Waals surface area contributed by atoms with Crippen LogP contribution in [0.5, 0.6) is 0 Å². The molecule has 184 valence electrons. The second-order valence-corrected chi connectivity index (χ2v) is 9.75. The lowest BCUT2D eigenvalue weighted by atomic mass is 10.1. The minimum atomic E-state index is -0.366. The average molecular weight is 513 g/mol. The molecule has 2 amide bonds. The van der Waals surface area contributed by atoms with Crippen LogP contribution in [-0.2, 0) is 11.3 Å². The first-order valence-electron chi connectivity index (χ1n) is 11.9. The Hall–Kier alpha value is -2.64. The standard InChI is InChI=1S/C27H30Cl2N4O2/c28-22-10-9-21(24(29)15-22)17-33-13-11-23(32-25(27(33)35)6-3-12-30)16-31-26(34)20-8-7-18-4-1-2-5-19(18)14-20/h1-2,4-5,7-10,14-15,23,25,32H,3,6,11-13,16-17,30H2,(H,31,34)/t23-,25-/m0/s1. The van der Waals surface area contributed by atoms with Gasteiger partial charge >= 0.3 is 0 Å². The maximum atomic E-state index is 13.3. The molecule has 3 aromatic carbocycles. The van der Waals surface area contributed by atoms with Gasteiger partial charge in [0.2, 0.25) is 5.91 Å². The number of fused-ring (bicyclic) bond motifs is 1. The van der Waals surface area contributed by atoms with Crippen LogP contribution in [-0.4, -0.2) is 48.4 Å². The zero-order valence-electron chi connectivity index (χ0n) is 19.5. The van der Waals surface area contributed by atoms with Crippen molar-refractivity contribution >= 4 is 45.8 Å². The van der Waals surface area contributed by atoms with Crippen LogP contribution in [0.4, 0.5) is 0 Å². The maximum Gasteiger partial charge on any atom is 0.251 e. The fourth-order valence-electron chi connectivity index (χ4n) is 4.43. The van der Waals surface area contributed by atoms with Crippen molar-refractivity contribution in [2.45, 2.75) is 37.9 Å². The third-order valence-corrected chi connectivity index (χ3v) is 6.97. The van der Waals surface area contributed by atoms with Crippen LogP contribution in [0, 0.1) is 0 Å². The van der Waals surface area contributed by atoms with E-state index in [1.807, 2.05) is 53.4 Å². The molecule has 0 bridgehead atoms. The molecule has 35 heavy (non-hydrogen) atoms. The van der Waals surface area contributed by atoms with Gasteiger partial charge in [-0.2, -0.15) is 0 Å². The summed E-state index contributed by atoms with van der Waals surface area (Å²) in [6.45, 7) is 1.90. The summed E-state index contributed by atoms with van der Waals surface area (Å²) in [4.78, 5) is 28.0. The van der Waals surface area contributed by atoms with E-state index >= 15 is 0 Å². The summed E-state index contributed by atoms with van der Waals surface area (Å²) in [5.41, 5.74) is 7.19. The highest BCUT2D eigenvalue weighted by Crippen LogP contribution is 2.24. The molecule has 0 aromatic heterocycles. The van der Waals surface area contributed by atoms with Crippen molar-refractivity contribution in [3.8, 4) is 0 Å². The van der Waals surface area contributed by atoms with E-state index in [0.717, 1.165) is 22.8 Å². The molecule has 1 aliphatic rings. The zero-order chi connectivity index (χ0) is 24.8. The number of amides is 2. The van der Waals surface area contributed by atoms with E-state index in [9.17, 15) is 9.59 Å². The maximum absolute atomic E-state index is 13.3. The first-order valence-corrected chi connectivity index (χ1v) is 12.7. The van der Waals surface area contributed by atoms with E-state index in [4.69, 9.17) is 28.9 Å². The first-order chi connectivity index (χ1) is 16.9. The molecule has 8 heteroatoms. The smallest absolute Gasteiger partial charge is 0.251 e. The second kappa shape index (κ2) is 11.9. The summed E-state index contributed by atoms with van der Waals surface area (Å²) in [5, 5.41) is 9.72. The van der Waals surface area contributed by atoms with E-state index in [1.54, 1.807) is 12.1 Å². The van der Waals surface area contributed by atoms with Gasteiger partial charge in [-0.1, -0.05) is 59.6 Å². The number of halogens is 2. The Labute approximate surface area is 215 Å². The molecular weight excluding hydrogens is 483 g/mol. The van der Waals surface area contributed by atoms with Crippen molar-refractivity contribution in [2.75, 3.05) is 19.6 Å². The van der Waals surface area contributed by atoms with E-state index in [0.29, 0.717) is 54.6 Å². The van der Waals surface area contributed by atoms with Crippen LogP contribution < -0.4 is 16.4 Å². The number of carbonyl (C=O) groups is 2. The van der Waals surface area contributed by atoms with Gasteiger partial charge in [0.1, 0.15) is 0 Å². The van der Waals surface area contributed by atoms with Gasteiger partial charge in [0, 0.05) is 41.3 Å². The second-order valence-electron chi connectivity index (χ2n) is 8.90. The Balaban J connectivity index is 1.43. The van der Waals surface area contributed by atoms with Crippen molar-refractivity contribution in [3.63, 3.8) is 0 Å². The van der Waals surface area contributed by atoms with Crippen molar-refractivity contribution < 1.29 is 9.59 Å². The Morgan fingerprint density at radius 2 is 1.89 bits per heavy atom. The summed E-state index contributed by atoms with van der Waals surface area (Å²) in [7, 11) is 0. The van der Waals surface area contributed by atoms with Crippen molar-refractivity contribution in [1.29, 1.82) is 0 Å². The Bertz CT molecular complexity index is 1200. The lowest BCUT2D eigenvalue weighted by Gasteiger charge is -2.25. The van der Waals surface area contributed by atoms with E-state index in [2.05, 4.69) is 10.6 Å². The first kappa shape index (κ1) is 25.5. The average Bonchev–Trinajstić information content (AvgIpc) is 3.01. The van der Waals surface area contributed by atoms with Crippen molar-refractivity contribution in [3.05, 3.63) is 81.8 Å². The van der Waals surface area contributed by atoms with Gasteiger partial charge in [-0.15, -0.1) is 0 Å². The van der Waals surface area contributed by atoms with Gasteiger partial charge in [-0.3, -0.25) is 9.59 Å². The monoisotopic (exact) mass is 512 g/mol. The fraction of sp³-hybridized carbons (Fsp3) is 0.333. The molecule has 6 nitrogen and oxygen atoms in total. The number of nitrogens with zero attached hydrogens (tertiary/aromatic N) is 1. The van der Waals surface area contributed by atoms with Crippen molar-refractivity contribution in [1.82, 2.24) is 15.5 Å². The van der Waals surface area contributed by atoms with E-state index in [1.165, 1.54) is 0 Å². The van der Waals surface area contributed by atoms with Gasteiger partial charge in [-0.05, 0) is 66.4 Å². The number of hydrogen-bond donors (Lipinski definition) is 3. The van der Waals surface area contributed by atoms with Crippen LogP contribution in [0.3, 0.4) is 0 Å². The third kappa shape index (κ3) is 6.53. The minimum absolute atomic E-state index is 0.0211. The molecule has 1 heterocycles. The van der Waals surface area contributed by atoms with Crippen LogP contribution in [0.1, 0.15) is 35.2 Å². The summed E-state index contributed by atoms with van der Waals surface area (Å²) in [6.07, 6.45) is 2.07. The molecule has 1 aliphatic heterocycles. The molecule has 0 spiro atoms. The van der Waals surface area contributed by atoms with Gasteiger partial charge in [0.25, 0.3) is 5.91 Å². The van der Waals surface area contributed by atoms with Crippen LogP contribution in [0.25, 0.3) is 10.8 Å². The number of nitrogens with one attached hydrogen (secondary N) is 2. The molecule has 4 rings (SSSR count). The molecule has 2 atom stereocenters. The van der Waals surface area contributed by atoms with Crippen LogP contribution >= 0.6 is 23.2 Å². The largest absolute Gasteiger partial charge is 0.350 e. The quantitative estimate of drug-likeness (QED) is 0.418. The normalized spacial score (nSPS) is 18.5. The van der Waals surface area contributed by atoms with Gasteiger partial charge in [0.15, 0.2) is 0 Å². The topological polar surface area (TPSA) is 87.5 Å². The summed E-state index contributed by atoms with van der Waals surface area (Å²) >= 11 is 12.4. The highest BCUT2D eigenvalue weighted by Gasteiger charge is 2.31.